The highest BCUT2D eigenvalue weighted by molar-refractivity contribution is 5.95. The largest absolute Gasteiger partial charge is 0.469 e. The fourth-order valence-corrected chi connectivity index (χ4v) is 2.40. The van der Waals surface area contributed by atoms with Crippen molar-refractivity contribution in [1.82, 2.24) is 9.88 Å². The molecule has 0 aliphatic heterocycles. The van der Waals surface area contributed by atoms with Crippen LogP contribution in [0.25, 0.3) is 0 Å². The number of benzene rings is 1. The van der Waals surface area contributed by atoms with Gasteiger partial charge < -0.3 is 9.64 Å². The number of non-ortho nitro benzene ring substituents is 2. The third-order valence-corrected chi connectivity index (χ3v) is 3.77. The maximum atomic E-state index is 12.9. The molecule has 0 unspecified atom stereocenters. The molecule has 11 heteroatoms. The maximum absolute atomic E-state index is 12.9. The molecule has 2 aromatic rings. The standard InChI is InChI=1S/C17H16N4O7/c1-28-16(22)4-6-19(11-12-3-2-5-18-10-12)17(23)13-7-14(20(24)25)9-15(8-13)21(26)27/h2-3,5,7-10H,4,6,11H2,1H3. The molecule has 1 aromatic heterocycles. The number of pyridine rings is 1. The first-order chi connectivity index (χ1) is 13.3. The Morgan fingerprint density at radius 2 is 1.79 bits per heavy atom. The Kier molecular flexibility index (Phi) is 6.68. The second-order valence-electron chi connectivity index (χ2n) is 5.67. The molecule has 1 amide bonds. The minimum Gasteiger partial charge on any atom is -0.469 e. The van der Waals surface area contributed by atoms with Crippen molar-refractivity contribution in [2.75, 3.05) is 13.7 Å². The van der Waals surface area contributed by atoms with E-state index in [0.717, 1.165) is 18.2 Å². The lowest BCUT2D eigenvalue weighted by Gasteiger charge is -2.22. The fraction of sp³-hybridized carbons (Fsp3) is 0.235. The minimum absolute atomic E-state index is 0.0448. The van der Waals surface area contributed by atoms with Crippen molar-refractivity contribution in [3.63, 3.8) is 0 Å². The number of nitro groups is 2. The number of carbonyl (C=O) groups is 2. The van der Waals surface area contributed by atoms with Gasteiger partial charge in [0.1, 0.15) is 0 Å². The third-order valence-electron chi connectivity index (χ3n) is 3.77. The Hall–Kier alpha value is -3.89. The molecule has 0 saturated carbocycles. The molecule has 11 nitrogen and oxygen atoms in total. The summed E-state index contributed by atoms with van der Waals surface area (Å²) in [6.07, 6.45) is 2.96. The number of aromatic nitrogens is 1. The Bertz CT molecular complexity index is 869. The van der Waals surface area contributed by atoms with Crippen molar-refractivity contribution in [3.05, 3.63) is 74.1 Å². The zero-order chi connectivity index (χ0) is 20.7. The van der Waals surface area contributed by atoms with Crippen LogP contribution < -0.4 is 0 Å². The lowest BCUT2D eigenvalue weighted by molar-refractivity contribution is -0.394. The molecule has 2 rings (SSSR count). The highest BCUT2D eigenvalue weighted by Gasteiger charge is 2.24. The smallest absolute Gasteiger partial charge is 0.307 e. The molecular formula is C17H16N4O7. The number of nitro benzene ring substituents is 2. The molecular weight excluding hydrogens is 372 g/mol. The highest BCUT2D eigenvalue weighted by Crippen LogP contribution is 2.24. The summed E-state index contributed by atoms with van der Waals surface area (Å²) in [5.41, 5.74) is -0.728. The number of carbonyl (C=O) groups excluding carboxylic acids is 2. The van der Waals surface area contributed by atoms with Gasteiger partial charge in [0, 0.05) is 37.6 Å². The average molecular weight is 388 g/mol. The van der Waals surface area contributed by atoms with E-state index in [2.05, 4.69) is 9.72 Å². The van der Waals surface area contributed by atoms with Crippen molar-refractivity contribution in [1.29, 1.82) is 0 Å². The van der Waals surface area contributed by atoms with Crippen LogP contribution in [0.2, 0.25) is 0 Å². The molecule has 0 saturated heterocycles. The molecule has 1 aromatic carbocycles. The van der Waals surface area contributed by atoms with Crippen LogP contribution in [-0.2, 0) is 16.1 Å². The van der Waals surface area contributed by atoms with E-state index >= 15 is 0 Å². The van der Waals surface area contributed by atoms with Gasteiger partial charge in [0.05, 0.1) is 35.0 Å². The maximum Gasteiger partial charge on any atom is 0.307 e. The predicted molar refractivity (Wildman–Crippen MR) is 95.4 cm³/mol. The predicted octanol–water partition coefficient (Wildman–Crippen LogP) is 2.10. The molecule has 28 heavy (non-hydrogen) atoms. The SMILES string of the molecule is COC(=O)CCN(Cc1cccnc1)C(=O)c1cc([N+](=O)[O-])cc([N+](=O)[O-])c1. The van der Waals surface area contributed by atoms with Crippen LogP contribution in [0.3, 0.4) is 0 Å². The van der Waals surface area contributed by atoms with Gasteiger partial charge in [-0.1, -0.05) is 6.07 Å². The Balaban J connectivity index is 2.38. The second kappa shape index (κ2) is 9.16. The molecule has 0 spiro atoms. The number of hydrogen-bond acceptors (Lipinski definition) is 8. The van der Waals surface area contributed by atoms with E-state index in [1.807, 2.05) is 0 Å². The lowest BCUT2D eigenvalue weighted by Crippen LogP contribution is -2.33. The van der Waals surface area contributed by atoms with E-state index < -0.39 is 33.1 Å². The number of rotatable bonds is 8. The van der Waals surface area contributed by atoms with E-state index in [1.54, 1.807) is 18.3 Å². The zero-order valence-electron chi connectivity index (χ0n) is 14.8. The molecule has 0 aliphatic carbocycles. The van der Waals surface area contributed by atoms with Gasteiger partial charge in [0.15, 0.2) is 0 Å². The van der Waals surface area contributed by atoms with Crippen molar-refractivity contribution in [2.24, 2.45) is 0 Å². The number of amides is 1. The van der Waals surface area contributed by atoms with Crippen molar-refractivity contribution < 1.29 is 24.2 Å². The van der Waals surface area contributed by atoms with Gasteiger partial charge in [0.2, 0.25) is 0 Å². The van der Waals surface area contributed by atoms with E-state index in [4.69, 9.17) is 0 Å². The minimum atomic E-state index is -0.816. The molecule has 0 N–H and O–H groups in total. The quantitative estimate of drug-likeness (QED) is 0.379. The molecule has 0 radical (unpaired) electrons. The van der Waals surface area contributed by atoms with E-state index in [9.17, 15) is 29.8 Å². The summed E-state index contributed by atoms with van der Waals surface area (Å²) in [6.45, 7) is 0.0110. The van der Waals surface area contributed by atoms with Crippen molar-refractivity contribution in [3.8, 4) is 0 Å². The van der Waals surface area contributed by atoms with E-state index in [1.165, 1.54) is 18.2 Å². The molecule has 1 heterocycles. The average Bonchev–Trinajstić information content (AvgIpc) is 2.70. The molecule has 146 valence electrons. The first kappa shape index (κ1) is 20.4. The normalized spacial score (nSPS) is 10.2. The molecule has 0 aliphatic rings. The summed E-state index contributed by atoms with van der Waals surface area (Å²) in [4.78, 5) is 50.0. The summed E-state index contributed by atoms with van der Waals surface area (Å²) in [7, 11) is 1.21. The summed E-state index contributed by atoms with van der Waals surface area (Å²) in [5, 5.41) is 22.1. The van der Waals surface area contributed by atoms with Gasteiger partial charge in [-0.3, -0.25) is 34.8 Å². The molecule has 0 bridgehead atoms. The van der Waals surface area contributed by atoms with Crippen molar-refractivity contribution in [2.45, 2.75) is 13.0 Å². The van der Waals surface area contributed by atoms with Crippen LogP contribution in [-0.4, -0.2) is 45.3 Å². The lowest BCUT2D eigenvalue weighted by atomic mass is 10.1. The topological polar surface area (TPSA) is 146 Å². The fourth-order valence-electron chi connectivity index (χ4n) is 2.40. The molecule has 0 atom stereocenters. The molecule has 0 fully saturated rings. The Morgan fingerprint density at radius 3 is 2.29 bits per heavy atom. The number of ether oxygens (including phenoxy) is 1. The monoisotopic (exact) mass is 388 g/mol. The van der Waals surface area contributed by atoms with Crippen LogP contribution in [0.4, 0.5) is 11.4 Å². The van der Waals surface area contributed by atoms with E-state index in [0.29, 0.717) is 5.56 Å². The van der Waals surface area contributed by atoms with Gasteiger partial charge in [-0.15, -0.1) is 0 Å². The Labute approximate surface area is 158 Å². The van der Waals surface area contributed by atoms with Crippen LogP contribution in [0.1, 0.15) is 22.3 Å². The number of methoxy groups -OCH3 is 1. The number of hydrogen-bond donors (Lipinski definition) is 0. The van der Waals surface area contributed by atoms with Crippen LogP contribution in [0, 0.1) is 20.2 Å². The Morgan fingerprint density at radius 1 is 1.14 bits per heavy atom. The van der Waals surface area contributed by atoms with Gasteiger partial charge in [-0.25, -0.2) is 0 Å². The van der Waals surface area contributed by atoms with Crippen LogP contribution in [0.15, 0.2) is 42.7 Å². The van der Waals surface area contributed by atoms with Gasteiger partial charge in [0.25, 0.3) is 17.3 Å². The van der Waals surface area contributed by atoms with Crippen LogP contribution >= 0.6 is 0 Å². The summed E-state index contributed by atoms with van der Waals surface area (Å²) >= 11 is 0. The van der Waals surface area contributed by atoms with E-state index in [-0.39, 0.29) is 25.1 Å². The van der Waals surface area contributed by atoms with Crippen molar-refractivity contribution >= 4 is 23.3 Å². The van der Waals surface area contributed by atoms with Gasteiger partial charge in [-0.05, 0) is 11.6 Å². The second-order valence-corrected chi connectivity index (χ2v) is 5.67. The first-order valence-corrected chi connectivity index (χ1v) is 8.00. The first-order valence-electron chi connectivity index (χ1n) is 8.00. The van der Waals surface area contributed by atoms with Gasteiger partial charge >= 0.3 is 5.97 Å². The zero-order valence-corrected chi connectivity index (χ0v) is 14.8. The number of nitrogens with zero attached hydrogens (tertiary/aromatic N) is 4. The van der Waals surface area contributed by atoms with Crippen LogP contribution in [0.5, 0.6) is 0 Å². The summed E-state index contributed by atoms with van der Waals surface area (Å²) in [6, 6.07) is 6.07. The highest BCUT2D eigenvalue weighted by atomic mass is 16.6. The summed E-state index contributed by atoms with van der Waals surface area (Å²) < 4.78 is 4.57. The van der Waals surface area contributed by atoms with Gasteiger partial charge in [-0.2, -0.15) is 0 Å². The summed E-state index contributed by atoms with van der Waals surface area (Å²) in [5.74, 6) is -1.24. The third kappa shape index (κ3) is 5.30. The number of esters is 1.